The van der Waals surface area contributed by atoms with Crippen molar-refractivity contribution in [3.63, 3.8) is 0 Å². The standard InChI is InChI=1S/C14H15F3N2O3/c1-13(9-5-3-4-6-10(9)14(15,16)17)11(20)19(7-8-22-2)12(21)18-13/h3-6H,7-8H2,1-2H3,(H,18,21)/t13-/m0/s1. The van der Waals surface area contributed by atoms with Crippen molar-refractivity contribution in [1.82, 2.24) is 10.2 Å². The Labute approximate surface area is 125 Å². The van der Waals surface area contributed by atoms with Gasteiger partial charge in [-0.3, -0.25) is 9.69 Å². The van der Waals surface area contributed by atoms with E-state index in [0.717, 1.165) is 11.0 Å². The Balaban J connectivity index is 2.45. The summed E-state index contributed by atoms with van der Waals surface area (Å²) in [5, 5.41) is 2.35. The van der Waals surface area contributed by atoms with Crippen molar-refractivity contribution in [1.29, 1.82) is 0 Å². The lowest BCUT2D eigenvalue weighted by Gasteiger charge is -2.25. The van der Waals surface area contributed by atoms with Crippen molar-refractivity contribution in [3.05, 3.63) is 35.4 Å². The lowest BCUT2D eigenvalue weighted by atomic mass is 9.88. The minimum atomic E-state index is -4.62. The third kappa shape index (κ3) is 2.66. The topological polar surface area (TPSA) is 58.6 Å². The molecule has 1 aromatic rings. The minimum Gasteiger partial charge on any atom is -0.383 e. The number of nitrogens with one attached hydrogen (secondary N) is 1. The number of nitrogens with zero attached hydrogens (tertiary/aromatic N) is 1. The molecular formula is C14H15F3N2O3. The summed E-state index contributed by atoms with van der Waals surface area (Å²) in [5.74, 6) is -0.730. The van der Waals surface area contributed by atoms with E-state index in [1.54, 1.807) is 0 Å². The van der Waals surface area contributed by atoms with Crippen LogP contribution in [0.3, 0.4) is 0 Å². The zero-order valence-electron chi connectivity index (χ0n) is 12.0. The fraction of sp³-hybridized carbons (Fsp3) is 0.429. The molecule has 0 radical (unpaired) electrons. The van der Waals surface area contributed by atoms with Gasteiger partial charge in [0.25, 0.3) is 5.91 Å². The number of halogens is 3. The summed E-state index contributed by atoms with van der Waals surface area (Å²) in [6, 6.07) is 3.98. The molecule has 0 aromatic heterocycles. The molecule has 1 aliphatic rings. The van der Waals surface area contributed by atoms with Crippen molar-refractivity contribution >= 4 is 11.9 Å². The van der Waals surface area contributed by atoms with Crippen LogP contribution < -0.4 is 5.32 Å². The van der Waals surface area contributed by atoms with Crippen molar-refractivity contribution < 1.29 is 27.5 Å². The van der Waals surface area contributed by atoms with Gasteiger partial charge >= 0.3 is 12.2 Å². The number of carbonyl (C=O) groups is 2. The number of urea groups is 1. The van der Waals surface area contributed by atoms with Gasteiger partial charge in [-0.1, -0.05) is 18.2 Å². The fourth-order valence-corrected chi connectivity index (χ4v) is 2.43. The normalized spacial score (nSPS) is 22.1. The zero-order chi connectivity index (χ0) is 16.5. The molecule has 8 heteroatoms. The summed E-state index contributed by atoms with van der Waals surface area (Å²) < 4.78 is 44.2. The molecular weight excluding hydrogens is 301 g/mol. The molecule has 1 aliphatic heterocycles. The van der Waals surface area contributed by atoms with Crippen LogP contribution in [0.4, 0.5) is 18.0 Å². The first-order chi connectivity index (χ1) is 10.2. The zero-order valence-corrected chi connectivity index (χ0v) is 12.0. The molecule has 0 aliphatic carbocycles. The second-order valence-corrected chi connectivity index (χ2v) is 5.05. The number of benzene rings is 1. The van der Waals surface area contributed by atoms with Gasteiger partial charge in [-0.2, -0.15) is 13.2 Å². The highest BCUT2D eigenvalue weighted by atomic mass is 19.4. The quantitative estimate of drug-likeness (QED) is 0.866. The van der Waals surface area contributed by atoms with E-state index < -0.39 is 29.2 Å². The third-order valence-corrected chi connectivity index (χ3v) is 3.57. The predicted octanol–water partition coefficient (Wildman–Crippen LogP) is 2.12. The number of hydrogen-bond donors (Lipinski definition) is 1. The molecule has 0 spiro atoms. The van der Waals surface area contributed by atoms with Crippen molar-refractivity contribution in [2.45, 2.75) is 18.6 Å². The smallest absolute Gasteiger partial charge is 0.383 e. The average Bonchev–Trinajstić information content (AvgIpc) is 2.67. The number of hydrogen-bond acceptors (Lipinski definition) is 3. The van der Waals surface area contributed by atoms with Gasteiger partial charge in [-0.25, -0.2) is 4.79 Å². The lowest BCUT2D eigenvalue weighted by molar-refractivity contribution is -0.140. The second-order valence-electron chi connectivity index (χ2n) is 5.05. The van der Waals surface area contributed by atoms with E-state index in [4.69, 9.17) is 4.74 Å². The van der Waals surface area contributed by atoms with E-state index in [2.05, 4.69) is 5.32 Å². The molecule has 1 aromatic carbocycles. The summed E-state index contributed by atoms with van der Waals surface area (Å²) in [6.45, 7) is 1.35. The second kappa shape index (κ2) is 5.60. The predicted molar refractivity (Wildman–Crippen MR) is 70.9 cm³/mol. The summed E-state index contributed by atoms with van der Waals surface area (Å²) >= 11 is 0. The summed E-state index contributed by atoms with van der Waals surface area (Å²) in [4.78, 5) is 25.2. The Kier molecular flexibility index (Phi) is 4.15. The highest BCUT2D eigenvalue weighted by Crippen LogP contribution is 2.39. The van der Waals surface area contributed by atoms with Crippen LogP contribution >= 0.6 is 0 Å². The molecule has 0 saturated carbocycles. The number of alkyl halides is 3. The highest BCUT2D eigenvalue weighted by molar-refractivity contribution is 6.07. The van der Waals surface area contributed by atoms with Gasteiger partial charge in [-0.05, 0) is 18.6 Å². The Morgan fingerprint density at radius 2 is 1.91 bits per heavy atom. The molecule has 1 N–H and O–H groups in total. The molecule has 2 rings (SSSR count). The lowest BCUT2D eigenvalue weighted by Crippen LogP contribution is -2.42. The maximum Gasteiger partial charge on any atom is 0.416 e. The SMILES string of the molecule is COCCN1C(=O)N[C@@](C)(c2ccccc2C(F)(F)F)C1=O. The van der Waals surface area contributed by atoms with Gasteiger partial charge in [0.2, 0.25) is 0 Å². The molecule has 0 bridgehead atoms. The van der Waals surface area contributed by atoms with E-state index in [9.17, 15) is 22.8 Å². The van der Waals surface area contributed by atoms with Crippen LogP contribution in [0.25, 0.3) is 0 Å². The molecule has 3 amide bonds. The Hall–Kier alpha value is -2.09. The first-order valence-corrected chi connectivity index (χ1v) is 6.51. The van der Waals surface area contributed by atoms with E-state index in [0.29, 0.717) is 0 Å². The Morgan fingerprint density at radius 1 is 1.27 bits per heavy atom. The molecule has 5 nitrogen and oxygen atoms in total. The minimum absolute atomic E-state index is 0.0229. The molecule has 1 fully saturated rings. The molecule has 22 heavy (non-hydrogen) atoms. The number of amides is 3. The third-order valence-electron chi connectivity index (χ3n) is 3.57. The molecule has 1 heterocycles. The number of imide groups is 1. The highest BCUT2D eigenvalue weighted by Gasteiger charge is 2.51. The summed E-state index contributed by atoms with van der Waals surface area (Å²) in [6.07, 6.45) is -4.62. The molecule has 1 atom stereocenters. The van der Waals surface area contributed by atoms with Gasteiger partial charge in [0.15, 0.2) is 0 Å². The van der Waals surface area contributed by atoms with Crippen LogP contribution in [0.15, 0.2) is 24.3 Å². The summed E-state index contributed by atoms with van der Waals surface area (Å²) in [7, 11) is 1.40. The van der Waals surface area contributed by atoms with E-state index in [1.807, 2.05) is 0 Å². The van der Waals surface area contributed by atoms with Gasteiger partial charge in [0.1, 0.15) is 5.54 Å². The van der Waals surface area contributed by atoms with Crippen LogP contribution in [0.2, 0.25) is 0 Å². The Morgan fingerprint density at radius 3 is 2.50 bits per heavy atom. The first kappa shape index (κ1) is 16.3. The maximum absolute atomic E-state index is 13.1. The van der Waals surface area contributed by atoms with Crippen LogP contribution in [0.1, 0.15) is 18.1 Å². The fourth-order valence-electron chi connectivity index (χ4n) is 2.43. The molecule has 1 saturated heterocycles. The number of carbonyl (C=O) groups excluding carboxylic acids is 2. The molecule has 0 unspecified atom stereocenters. The van der Waals surface area contributed by atoms with Crippen LogP contribution in [-0.4, -0.2) is 37.1 Å². The van der Waals surface area contributed by atoms with Gasteiger partial charge in [0, 0.05) is 7.11 Å². The monoisotopic (exact) mass is 316 g/mol. The van der Waals surface area contributed by atoms with Gasteiger partial charge in [-0.15, -0.1) is 0 Å². The van der Waals surface area contributed by atoms with Crippen LogP contribution in [-0.2, 0) is 21.2 Å². The number of rotatable bonds is 4. The number of ether oxygens (including phenoxy) is 1. The number of methoxy groups -OCH3 is 1. The maximum atomic E-state index is 13.1. The van der Waals surface area contributed by atoms with Crippen LogP contribution in [0, 0.1) is 0 Å². The van der Waals surface area contributed by atoms with Crippen molar-refractivity contribution in [2.24, 2.45) is 0 Å². The van der Waals surface area contributed by atoms with Crippen LogP contribution in [0.5, 0.6) is 0 Å². The average molecular weight is 316 g/mol. The Bertz CT molecular complexity index is 603. The largest absolute Gasteiger partial charge is 0.416 e. The van der Waals surface area contributed by atoms with E-state index in [-0.39, 0.29) is 18.7 Å². The van der Waals surface area contributed by atoms with E-state index >= 15 is 0 Å². The molecule has 120 valence electrons. The van der Waals surface area contributed by atoms with Gasteiger partial charge < -0.3 is 10.1 Å². The van der Waals surface area contributed by atoms with Gasteiger partial charge in [0.05, 0.1) is 18.7 Å². The van der Waals surface area contributed by atoms with Crippen molar-refractivity contribution in [2.75, 3.05) is 20.3 Å². The van der Waals surface area contributed by atoms with E-state index in [1.165, 1.54) is 32.2 Å². The first-order valence-electron chi connectivity index (χ1n) is 6.51. The van der Waals surface area contributed by atoms with Crippen molar-refractivity contribution in [3.8, 4) is 0 Å². The summed E-state index contributed by atoms with van der Waals surface area (Å²) in [5.41, 5.74) is -2.97.